The summed E-state index contributed by atoms with van der Waals surface area (Å²) in [7, 11) is -3.74. The Morgan fingerprint density at radius 2 is 1.62 bits per heavy atom. The van der Waals surface area contributed by atoms with E-state index in [-0.39, 0.29) is 10.8 Å². The van der Waals surface area contributed by atoms with Gasteiger partial charge in [0.2, 0.25) is 0 Å². The van der Waals surface area contributed by atoms with Gasteiger partial charge in [0.15, 0.2) is 0 Å². The van der Waals surface area contributed by atoms with Crippen LogP contribution in [0.5, 0.6) is 0 Å². The number of hydrogen-bond donors (Lipinski definition) is 2. The van der Waals surface area contributed by atoms with Crippen LogP contribution in [0.1, 0.15) is 46.3 Å². The van der Waals surface area contributed by atoms with Crippen molar-refractivity contribution in [3.63, 3.8) is 0 Å². The summed E-state index contributed by atoms with van der Waals surface area (Å²) < 4.78 is 28.0. The monoisotopic (exact) mass is 477 g/mol. The van der Waals surface area contributed by atoms with E-state index >= 15 is 0 Å². The van der Waals surface area contributed by atoms with Crippen LogP contribution in [0, 0.1) is 6.92 Å². The van der Waals surface area contributed by atoms with E-state index in [1.807, 2.05) is 12.1 Å². The topological polar surface area (TPSA) is 78.5 Å². The zero-order valence-electron chi connectivity index (χ0n) is 19.5. The van der Waals surface area contributed by atoms with E-state index in [2.05, 4.69) is 27.1 Å². The largest absolute Gasteiger partial charge is 0.348 e. The highest BCUT2D eigenvalue weighted by Gasteiger charge is 2.16. The molecule has 0 bridgehead atoms. The number of likely N-dealkylation sites (tertiary alicyclic amines) is 1. The van der Waals surface area contributed by atoms with Crippen molar-refractivity contribution in [3.05, 3.63) is 95.1 Å². The highest BCUT2D eigenvalue weighted by atomic mass is 32.2. The minimum Gasteiger partial charge on any atom is -0.348 e. The summed E-state index contributed by atoms with van der Waals surface area (Å²) in [6, 6.07) is 21.5. The SMILES string of the molecule is Cc1ccc(C(=O)NCc2cccc(CN3CCCCC3)c2)cc1NS(=O)(=O)c1ccccc1. The molecule has 0 atom stereocenters. The minimum absolute atomic E-state index is 0.175. The molecule has 178 valence electrons. The van der Waals surface area contributed by atoms with Crippen molar-refractivity contribution in [2.75, 3.05) is 17.8 Å². The summed E-state index contributed by atoms with van der Waals surface area (Å²) >= 11 is 0. The molecule has 1 saturated heterocycles. The van der Waals surface area contributed by atoms with Crippen molar-refractivity contribution in [1.82, 2.24) is 10.2 Å². The second-order valence-electron chi connectivity index (χ2n) is 8.79. The van der Waals surface area contributed by atoms with Gasteiger partial charge in [0, 0.05) is 18.7 Å². The first-order chi connectivity index (χ1) is 16.4. The van der Waals surface area contributed by atoms with Crippen LogP contribution in [0.25, 0.3) is 0 Å². The third-order valence-electron chi connectivity index (χ3n) is 6.10. The molecule has 0 spiro atoms. The van der Waals surface area contributed by atoms with Crippen LogP contribution in [-0.4, -0.2) is 32.3 Å². The normalized spacial score (nSPS) is 14.5. The molecule has 6 nitrogen and oxygen atoms in total. The number of benzene rings is 3. The molecule has 1 heterocycles. The first-order valence-electron chi connectivity index (χ1n) is 11.7. The van der Waals surface area contributed by atoms with E-state index in [9.17, 15) is 13.2 Å². The van der Waals surface area contributed by atoms with Crippen LogP contribution >= 0.6 is 0 Å². The Hall–Kier alpha value is -3.16. The van der Waals surface area contributed by atoms with Gasteiger partial charge in [-0.05, 0) is 73.8 Å². The van der Waals surface area contributed by atoms with E-state index < -0.39 is 10.0 Å². The number of piperidine rings is 1. The lowest BCUT2D eigenvalue weighted by Gasteiger charge is -2.26. The fourth-order valence-corrected chi connectivity index (χ4v) is 5.32. The summed E-state index contributed by atoms with van der Waals surface area (Å²) in [4.78, 5) is 15.5. The second-order valence-corrected chi connectivity index (χ2v) is 10.5. The molecule has 34 heavy (non-hydrogen) atoms. The standard InChI is InChI=1S/C27H31N3O3S/c1-21-13-14-24(18-26(21)29-34(32,33)25-11-4-2-5-12-25)27(31)28-19-22-9-8-10-23(17-22)20-30-15-6-3-7-16-30/h2,4-5,8-14,17-18,29H,3,6-7,15-16,19-20H2,1H3,(H,28,31). The van der Waals surface area contributed by atoms with Crippen molar-refractivity contribution in [3.8, 4) is 0 Å². The lowest BCUT2D eigenvalue weighted by molar-refractivity contribution is 0.0951. The number of anilines is 1. The molecule has 3 aromatic rings. The second kappa shape index (κ2) is 10.8. The summed E-state index contributed by atoms with van der Waals surface area (Å²) in [5.41, 5.74) is 3.82. The molecule has 0 aromatic heterocycles. The van der Waals surface area contributed by atoms with Gasteiger partial charge in [0.1, 0.15) is 0 Å². The molecular weight excluding hydrogens is 446 g/mol. The third kappa shape index (κ3) is 6.24. The average molecular weight is 478 g/mol. The van der Waals surface area contributed by atoms with Gasteiger partial charge in [0.05, 0.1) is 10.6 Å². The number of aryl methyl sites for hydroxylation is 1. The molecular formula is C27H31N3O3S. The summed E-state index contributed by atoms with van der Waals surface area (Å²) in [6.07, 6.45) is 3.84. The van der Waals surface area contributed by atoms with E-state index in [0.29, 0.717) is 17.8 Å². The Labute approximate surface area is 202 Å². The lowest BCUT2D eigenvalue weighted by atomic mass is 10.1. The molecule has 1 fully saturated rings. The maximum atomic E-state index is 12.8. The summed E-state index contributed by atoms with van der Waals surface area (Å²) in [5.74, 6) is -0.249. The van der Waals surface area contributed by atoms with Crippen LogP contribution in [0.15, 0.2) is 77.7 Å². The van der Waals surface area contributed by atoms with Gasteiger partial charge in [-0.25, -0.2) is 8.42 Å². The molecule has 7 heteroatoms. The van der Waals surface area contributed by atoms with Crippen molar-refractivity contribution in [1.29, 1.82) is 0 Å². The number of carbonyl (C=O) groups is 1. The maximum Gasteiger partial charge on any atom is 0.261 e. The number of sulfonamides is 1. The van der Waals surface area contributed by atoms with Crippen LogP contribution in [-0.2, 0) is 23.1 Å². The van der Waals surface area contributed by atoms with Gasteiger partial charge >= 0.3 is 0 Å². The fourth-order valence-electron chi connectivity index (χ4n) is 4.17. The Bertz CT molecular complexity index is 1240. The van der Waals surface area contributed by atoms with E-state index in [0.717, 1.165) is 30.8 Å². The summed E-state index contributed by atoms with van der Waals surface area (Å²) in [5, 5.41) is 2.96. The lowest BCUT2D eigenvalue weighted by Crippen LogP contribution is -2.29. The highest BCUT2D eigenvalue weighted by Crippen LogP contribution is 2.21. The van der Waals surface area contributed by atoms with Crippen molar-refractivity contribution in [2.24, 2.45) is 0 Å². The van der Waals surface area contributed by atoms with E-state index in [1.165, 1.54) is 37.0 Å². The Morgan fingerprint density at radius 1 is 0.882 bits per heavy atom. The third-order valence-corrected chi connectivity index (χ3v) is 7.48. The number of nitrogens with one attached hydrogen (secondary N) is 2. The molecule has 0 radical (unpaired) electrons. The number of amides is 1. The van der Waals surface area contributed by atoms with Crippen LogP contribution in [0.2, 0.25) is 0 Å². The Balaban J connectivity index is 1.40. The average Bonchev–Trinajstić information content (AvgIpc) is 2.85. The Kier molecular flexibility index (Phi) is 7.65. The van der Waals surface area contributed by atoms with Gasteiger partial charge in [-0.15, -0.1) is 0 Å². The Morgan fingerprint density at radius 3 is 2.38 bits per heavy atom. The van der Waals surface area contributed by atoms with Gasteiger partial charge in [-0.3, -0.25) is 14.4 Å². The zero-order valence-corrected chi connectivity index (χ0v) is 20.3. The molecule has 1 amide bonds. The van der Waals surface area contributed by atoms with E-state index in [4.69, 9.17) is 0 Å². The molecule has 0 unspecified atom stereocenters. The highest BCUT2D eigenvalue weighted by molar-refractivity contribution is 7.92. The van der Waals surface area contributed by atoms with Crippen LogP contribution in [0.4, 0.5) is 5.69 Å². The molecule has 3 aromatic carbocycles. The van der Waals surface area contributed by atoms with Crippen molar-refractivity contribution >= 4 is 21.6 Å². The van der Waals surface area contributed by atoms with Crippen LogP contribution in [0.3, 0.4) is 0 Å². The van der Waals surface area contributed by atoms with Crippen molar-refractivity contribution < 1.29 is 13.2 Å². The molecule has 0 saturated carbocycles. The quantitative estimate of drug-likeness (QED) is 0.492. The molecule has 1 aliphatic heterocycles. The number of nitrogens with zero attached hydrogens (tertiary/aromatic N) is 1. The first kappa shape index (κ1) is 24.0. The molecule has 2 N–H and O–H groups in total. The maximum absolute atomic E-state index is 12.8. The van der Waals surface area contributed by atoms with Gasteiger partial charge in [0.25, 0.3) is 15.9 Å². The zero-order chi connectivity index (χ0) is 24.0. The van der Waals surface area contributed by atoms with E-state index in [1.54, 1.807) is 43.3 Å². The first-order valence-corrected chi connectivity index (χ1v) is 13.2. The fraction of sp³-hybridized carbons (Fsp3) is 0.296. The van der Waals surface area contributed by atoms with Crippen LogP contribution < -0.4 is 10.0 Å². The molecule has 1 aliphatic rings. The smallest absolute Gasteiger partial charge is 0.261 e. The number of carbonyl (C=O) groups excluding carboxylic acids is 1. The summed E-state index contributed by atoms with van der Waals surface area (Å²) in [6.45, 7) is 5.43. The molecule has 0 aliphatic carbocycles. The predicted octanol–water partition coefficient (Wildman–Crippen LogP) is 4.71. The minimum atomic E-state index is -3.74. The van der Waals surface area contributed by atoms with Gasteiger partial charge < -0.3 is 5.32 Å². The molecule has 4 rings (SSSR count). The predicted molar refractivity (Wildman–Crippen MR) is 135 cm³/mol. The number of hydrogen-bond acceptors (Lipinski definition) is 4. The van der Waals surface area contributed by atoms with Gasteiger partial charge in [-0.2, -0.15) is 0 Å². The van der Waals surface area contributed by atoms with Gasteiger partial charge in [-0.1, -0.05) is 55.0 Å². The van der Waals surface area contributed by atoms with Crippen molar-refractivity contribution in [2.45, 2.75) is 44.2 Å². The number of rotatable bonds is 8.